The lowest BCUT2D eigenvalue weighted by Gasteiger charge is -2.18. The molecule has 1 aromatic heterocycles. The second-order valence-electron chi connectivity index (χ2n) is 3.30. The molecule has 0 aliphatic carbocycles. The van der Waals surface area contributed by atoms with Gasteiger partial charge in [-0.25, -0.2) is 4.98 Å². The number of rotatable bonds is 2. The third-order valence-corrected chi connectivity index (χ3v) is 2.26. The zero-order valence-corrected chi connectivity index (χ0v) is 10.4. The third-order valence-electron chi connectivity index (χ3n) is 2.26. The molecule has 92 valence electrons. The Morgan fingerprint density at radius 1 is 1.44 bits per heavy atom. The molecule has 1 saturated heterocycles. The Bertz CT molecular complexity index is 306. The van der Waals surface area contributed by atoms with Gasteiger partial charge in [-0.15, -0.1) is 24.8 Å². The van der Waals surface area contributed by atoms with E-state index in [1.54, 1.807) is 11.2 Å². The van der Waals surface area contributed by atoms with E-state index >= 15 is 0 Å². The molecule has 1 aromatic rings. The molecule has 1 aliphatic heterocycles. The lowest BCUT2D eigenvalue weighted by molar-refractivity contribution is -0.131. The number of halogens is 2. The second-order valence-corrected chi connectivity index (χ2v) is 3.30. The zero-order chi connectivity index (χ0) is 9.80. The number of aromatic nitrogens is 1. The first kappa shape index (κ1) is 15.2. The maximum absolute atomic E-state index is 11.6. The topological polar surface area (TPSA) is 58.4 Å². The molecule has 2 heterocycles. The molecule has 0 atom stereocenters. The standard InChI is InChI=1S/C9H13N3O2.2ClH/c13-9-1-2-10-3-4-12(9)5-8-6-14-7-11-8;;/h6-7,10H,1-5H2;2*1H. The van der Waals surface area contributed by atoms with Gasteiger partial charge in [-0.05, 0) is 0 Å². The number of amides is 1. The maximum atomic E-state index is 11.6. The Labute approximate surface area is 106 Å². The van der Waals surface area contributed by atoms with Gasteiger partial charge in [0, 0.05) is 26.1 Å². The molecule has 1 aliphatic rings. The first-order valence-electron chi connectivity index (χ1n) is 4.72. The van der Waals surface area contributed by atoms with Crippen molar-refractivity contribution < 1.29 is 9.21 Å². The van der Waals surface area contributed by atoms with E-state index in [2.05, 4.69) is 10.3 Å². The van der Waals surface area contributed by atoms with Crippen LogP contribution in [0.1, 0.15) is 12.1 Å². The summed E-state index contributed by atoms with van der Waals surface area (Å²) in [5.41, 5.74) is 0.806. The molecule has 0 aromatic carbocycles. The minimum atomic E-state index is 0. The molecule has 1 N–H and O–H groups in total. The van der Waals surface area contributed by atoms with Crippen molar-refractivity contribution in [2.45, 2.75) is 13.0 Å². The fourth-order valence-corrected chi connectivity index (χ4v) is 1.50. The zero-order valence-electron chi connectivity index (χ0n) is 8.72. The third kappa shape index (κ3) is 4.00. The summed E-state index contributed by atoms with van der Waals surface area (Å²) in [6.07, 6.45) is 3.53. The molecular weight excluding hydrogens is 253 g/mol. The number of hydrogen-bond acceptors (Lipinski definition) is 4. The van der Waals surface area contributed by atoms with Gasteiger partial charge in [0.05, 0.1) is 12.2 Å². The van der Waals surface area contributed by atoms with E-state index in [0.717, 1.165) is 25.3 Å². The summed E-state index contributed by atoms with van der Waals surface area (Å²) in [6, 6.07) is 0. The number of carbonyl (C=O) groups is 1. The Morgan fingerprint density at radius 3 is 2.94 bits per heavy atom. The van der Waals surface area contributed by atoms with Crippen LogP contribution in [0.3, 0.4) is 0 Å². The molecule has 1 amide bonds. The van der Waals surface area contributed by atoms with E-state index in [1.165, 1.54) is 6.39 Å². The van der Waals surface area contributed by atoms with Crippen molar-refractivity contribution in [2.75, 3.05) is 19.6 Å². The van der Waals surface area contributed by atoms with Gasteiger partial charge in [0.15, 0.2) is 6.39 Å². The predicted octanol–water partition coefficient (Wildman–Crippen LogP) is 0.840. The minimum absolute atomic E-state index is 0. The van der Waals surface area contributed by atoms with Crippen molar-refractivity contribution >= 4 is 30.7 Å². The molecule has 0 spiro atoms. The van der Waals surface area contributed by atoms with Crippen LogP contribution in [0.25, 0.3) is 0 Å². The highest BCUT2D eigenvalue weighted by Crippen LogP contribution is 2.04. The number of carbonyl (C=O) groups excluding carboxylic acids is 1. The molecule has 0 bridgehead atoms. The average Bonchev–Trinajstić information content (AvgIpc) is 2.60. The molecule has 16 heavy (non-hydrogen) atoms. The second kappa shape index (κ2) is 7.49. The Hall–Kier alpha value is -0.780. The highest BCUT2D eigenvalue weighted by Gasteiger charge is 2.16. The number of nitrogens with zero attached hydrogens (tertiary/aromatic N) is 2. The van der Waals surface area contributed by atoms with Crippen molar-refractivity contribution in [3.8, 4) is 0 Å². The van der Waals surface area contributed by atoms with Crippen LogP contribution >= 0.6 is 24.8 Å². The summed E-state index contributed by atoms with van der Waals surface area (Å²) < 4.78 is 4.86. The van der Waals surface area contributed by atoms with Gasteiger partial charge in [-0.1, -0.05) is 0 Å². The van der Waals surface area contributed by atoms with Gasteiger partial charge in [-0.3, -0.25) is 4.79 Å². The highest BCUT2D eigenvalue weighted by molar-refractivity contribution is 5.85. The van der Waals surface area contributed by atoms with E-state index in [-0.39, 0.29) is 30.7 Å². The summed E-state index contributed by atoms with van der Waals surface area (Å²) in [5, 5.41) is 3.18. The van der Waals surface area contributed by atoms with E-state index in [4.69, 9.17) is 4.42 Å². The van der Waals surface area contributed by atoms with Crippen LogP contribution in [0.2, 0.25) is 0 Å². The van der Waals surface area contributed by atoms with E-state index in [9.17, 15) is 4.79 Å². The number of oxazole rings is 1. The van der Waals surface area contributed by atoms with Crippen LogP contribution in [-0.4, -0.2) is 35.4 Å². The Morgan fingerprint density at radius 2 is 2.25 bits per heavy atom. The molecule has 2 rings (SSSR count). The van der Waals surface area contributed by atoms with E-state index in [1.807, 2.05) is 0 Å². The number of nitrogens with one attached hydrogen (secondary N) is 1. The molecule has 5 nitrogen and oxygen atoms in total. The van der Waals surface area contributed by atoms with Crippen molar-refractivity contribution in [3.05, 3.63) is 18.4 Å². The molecule has 0 unspecified atom stereocenters. The summed E-state index contributed by atoms with van der Waals surface area (Å²) in [4.78, 5) is 17.4. The van der Waals surface area contributed by atoms with Gasteiger partial charge < -0.3 is 14.6 Å². The maximum Gasteiger partial charge on any atom is 0.224 e. The SMILES string of the molecule is Cl.Cl.O=C1CCNCCN1Cc1cocn1. The summed E-state index contributed by atoms with van der Waals surface area (Å²) in [6.45, 7) is 2.92. The van der Waals surface area contributed by atoms with Crippen LogP contribution in [0.15, 0.2) is 17.1 Å². The van der Waals surface area contributed by atoms with Gasteiger partial charge in [0.25, 0.3) is 0 Å². The van der Waals surface area contributed by atoms with Crippen molar-refractivity contribution in [1.82, 2.24) is 15.2 Å². The van der Waals surface area contributed by atoms with Gasteiger partial charge >= 0.3 is 0 Å². The summed E-state index contributed by atoms with van der Waals surface area (Å²) in [5.74, 6) is 0.179. The molecule has 7 heteroatoms. The normalized spacial score (nSPS) is 16.0. The van der Waals surface area contributed by atoms with Crippen molar-refractivity contribution in [3.63, 3.8) is 0 Å². The fourth-order valence-electron chi connectivity index (χ4n) is 1.50. The van der Waals surface area contributed by atoms with Crippen LogP contribution in [0.5, 0.6) is 0 Å². The summed E-state index contributed by atoms with van der Waals surface area (Å²) >= 11 is 0. The molecule has 1 fully saturated rings. The van der Waals surface area contributed by atoms with Crippen molar-refractivity contribution in [2.24, 2.45) is 0 Å². The summed E-state index contributed by atoms with van der Waals surface area (Å²) in [7, 11) is 0. The quantitative estimate of drug-likeness (QED) is 0.863. The van der Waals surface area contributed by atoms with Crippen molar-refractivity contribution in [1.29, 1.82) is 0 Å². The predicted molar refractivity (Wildman–Crippen MR) is 63.9 cm³/mol. The lowest BCUT2D eigenvalue weighted by atomic mass is 10.3. The first-order valence-corrected chi connectivity index (χ1v) is 4.72. The van der Waals surface area contributed by atoms with Gasteiger partial charge in [-0.2, -0.15) is 0 Å². The van der Waals surface area contributed by atoms with E-state index in [0.29, 0.717) is 13.0 Å². The smallest absolute Gasteiger partial charge is 0.224 e. The first-order chi connectivity index (χ1) is 6.86. The fraction of sp³-hybridized carbons (Fsp3) is 0.556. The molecular formula is C9H15Cl2N3O2. The van der Waals surface area contributed by atoms with Crippen LogP contribution in [0.4, 0.5) is 0 Å². The van der Waals surface area contributed by atoms with Crippen LogP contribution < -0.4 is 5.32 Å². The molecule has 0 radical (unpaired) electrons. The van der Waals surface area contributed by atoms with E-state index < -0.39 is 0 Å². The Kier molecular flexibility index (Phi) is 7.12. The highest BCUT2D eigenvalue weighted by atomic mass is 35.5. The number of hydrogen-bond donors (Lipinski definition) is 1. The largest absolute Gasteiger partial charge is 0.451 e. The van der Waals surface area contributed by atoms with Gasteiger partial charge in [0.2, 0.25) is 5.91 Å². The average molecular weight is 268 g/mol. The van der Waals surface area contributed by atoms with Crippen LogP contribution in [-0.2, 0) is 11.3 Å². The van der Waals surface area contributed by atoms with Gasteiger partial charge in [0.1, 0.15) is 6.26 Å². The monoisotopic (exact) mass is 267 g/mol. The van der Waals surface area contributed by atoms with Crippen LogP contribution in [0, 0.1) is 0 Å². The lowest BCUT2D eigenvalue weighted by Crippen LogP contribution is -2.31. The minimum Gasteiger partial charge on any atom is -0.451 e. The Balaban J connectivity index is 0.00000112. The molecule has 0 saturated carbocycles.